The average Bonchev–Trinajstić information content (AvgIpc) is 2.54. The molecule has 7 nitrogen and oxygen atoms in total. The van der Waals surface area contributed by atoms with E-state index >= 15 is 0 Å². The van der Waals surface area contributed by atoms with Gasteiger partial charge in [0.25, 0.3) is 5.69 Å². The molecule has 120 valence electrons. The van der Waals surface area contributed by atoms with Gasteiger partial charge in [-0.3, -0.25) is 15.4 Å². The summed E-state index contributed by atoms with van der Waals surface area (Å²) in [7, 11) is 0. The monoisotopic (exact) mass is 316 g/mol. The number of non-ortho nitro benzene ring substituents is 1. The molecule has 0 saturated heterocycles. The van der Waals surface area contributed by atoms with E-state index in [1.807, 2.05) is 18.2 Å². The third kappa shape index (κ3) is 4.99. The van der Waals surface area contributed by atoms with Crippen molar-refractivity contribution in [2.24, 2.45) is 0 Å². The lowest BCUT2D eigenvalue weighted by Gasteiger charge is -2.10. The number of anilines is 1. The highest BCUT2D eigenvalue weighted by atomic mass is 16.6. The largest absolute Gasteiger partial charge is 0.490 e. The number of hydrogen-bond donors (Lipinski definition) is 1. The van der Waals surface area contributed by atoms with Crippen LogP contribution in [0.5, 0.6) is 5.75 Å². The smallest absolute Gasteiger partial charge is 0.411 e. The lowest BCUT2D eigenvalue weighted by molar-refractivity contribution is -0.384. The average molecular weight is 316 g/mol. The van der Waals surface area contributed by atoms with Crippen LogP contribution in [0, 0.1) is 17.0 Å². The summed E-state index contributed by atoms with van der Waals surface area (Å²) in [6, 6.07) is 13.4. The predicted octanol–water partition coefficient (Wildman–Crippen LogP) is 3.53. The Balaban J connectivity index is 1.81. The summed E-state index contributed by atoms with van der Waals surface area (Å²) in [6.45, 7) is 2.01. The minimum Gasteiger partial charge on any atom is -0.490 e. The first-order valence-corrected chi connectivity index (χ1v) is 6.93. The zero-order valence-corrected chi connectivity index (χ0v) is 12.5. The second-order valence-electron chi connectivity index (χ2n) is 4.68. The van der Waals surface area contributed by atoms with Crippen molar-refractivity contribution in [1.29, 1.82) is 0 Å². The van der Waals surface area contributed by atoms with E-state index in [1.54, 1.807) is 25.1 Å². The second kappa shape index (κ2) is 7.79. The highest BCUT2D eigenvalue weighted by molar-refractivity contribution is 5.86. The molecule has 2 rings (SSSR count). The van der Waals surface area contributed by atoms with E-state index in [0.29, 0.717) is 17.0 Å². The Morgan fingerprint density at radius 3 is 2.61 bits per heavy atom. The Labute approximate surface area is 133 Å². The number of hydrogen-bond acceptors (Lipinski definition) is 5. The summed E-state index contributed by atoms with van der Waals surface area (Å²) in [5.74, 6) is 0.686. The molecule has 2 aromatic carbocycles. The van der Waals surface area contributed by atoms with E-state index in [9.17, 15) is 14.9 Å². The van der Waals surface area contributed by atoms with Gasteiger partial charge >= 0.3 is 6.09 Å². The quantitative estimate of drug-likeness (QED) is 0.500. The Morgan fingerprint density at radius 2 is 1.91 bits per heavy atom. The molecule has 0 saturated carbocycles. The molecule has 1 N–H and O–H groups in total. The van der Waals surface area contributed by atoms with Crippen molar-refractivity contribution < 1.29 is 19.2 Å². The number of amides is 1. The zero-order valence-electron chi connectivity index (χ0n) is 12.5. The van der Waals surface area contributed by atoms with Crippen LogP contribution in [-0.4, -0.2) is 24.2 Å². The van der Waals surface area contributed by atoms with Crippen molar-refractivity contribution in [3.63, 3.8) is 0 Å². The number of carbonyl (C=O) groups is 1. The SMILES string of the molecule is Cc1ccc([N+](=O)[O-])cc1NC(=O)OCCOc1ccccc1. The summed E-state index contributed by atoms with van der Waals surface area (Å²) in [5.41, 5.74) is 0.944. The van der Waals surface area contributed by atoms with Gasteiger partial charge < -0.3 is 9.47 Å². The third-order valence-electron chi connectivity index (χ3n) is 3.00. The van der Waals surface area contributed by atoms with Gasteiger partial charge in [0.2, 0.25) is 0 Å². The molecule has 0 atom stereocenters. The highest BCUT2D eigenvalue weighted by Crippen LogP contribution is 2.21. The lowest BCUT2D eigenvalue weighted by Crippen LogP contribution is -2.18. The van der Waals surface area contributed by atoms with Gasteiger partial charge in [0.15, 0.2) is 0 Å². The van der Waals surface area contributed by atoms with Crippen LogP contribution in [0.25, 0.3) is 0 Å². The fourth-order valence-corrected chi connectivity index (χ4v) is 1.81. The second-order valence-corrected chi connectivity index (χ2v) is 4.68. The molecular weight excluding hydrogens is 300 g/mol. The number of nitrogens with one attached hydrogen (secondary N) is 1. The molecule has 1 amide bonds. The highest BCUT2D eigenvalue weighted by Gasteiger charge is 2.11. The Morgan fingerprint density at radius 1 is 1.17 bits per heavy atom. The Bertz CT molecular complexity index is 688. The fourth-order valence-electron chi connectivity index (χ4n) is 1.81. The van der Waals surface area contributed by atoms with Gasteiger partial charge in [-0.2, -0.15) is 0 Å². The maximum Gasteiger partial charge on any atom is 0.411 e. The summed E-state index contributed by atoms with van der Waals surface area (Å²) in [4.78, 5) is 21.9. The van der Waals surface area contributed by atoms with Crippen LogP contribution < -0.4 is 10.1 Å². The molecule has 2 aromatic rings. The standard InChI is InChI=1S/C16H16N2O5/c1-12-7-8-13(18(20)21)11-15(12)17-16(19)23-10-9-22-14-5-3-2-4-6-14/h2-8,11H,9-10H2,1H3,(H,17,19). The first-order valence-electron chi connectivity index (χ1n) is 6.93. The molecule has 23 heavy (non-hydrogen) atoms. The maximum absolute atomic E-state index is 11.7. The van der Waals surface area contributed by atoms with Gasteiger partial charge in [-0.1, -0.05) is 24.3 Å². The van der Waals surface area contributed by atoms with E-state index in [2.05, 4.69) is 5.32 Å². The number of aryl methyl sites for hydroxylation is 1. The molecule has 0 aliphatic carbocycles. The normalized spacial score (nSPS) is 9.96. The molecule has 0 bridgehead atoms. The molecule has 0 radical (unpaired) electrons. The van der Waals surface area contributed by atoms with Gasteiger partial charge in [-0.05, 0) is 24.6 Å². The summed E-state index contributed by atoms with van der Waals surface area (Å²) >= 11 is 0. The number of carbonyl (C=O) groups excluding carboxylic acids is 1. The number of ether oxygens (including phenoxy) is 2. The predicted molar refractivity (Wildman–Crippen MR) is 84.7 cm³/mol. The molecule has 0 spiro atoms. The molecular formula is C16H16N2O5. The van der Waals surface area contributed by atoms with Gasteiger partial charge in [-0.15, -0.1) is 0 Å². The third-order valence-corrected chi connectivity index (χ3v) is 3.00. The minimum absolute atomic E-state index is 0.0642. The number of benzene rings is 2. The molecule has 0 aliphatic rings. The summed E-state index contributed by atoms with van der Waals surface area (Å²) in [6.07, 6.45) is -0.690. The van der Waals surface area contributed by atoms with Crippen molar-refractivity contribution in [2.45, 2.75) is 6.92 Å². The number of nitro benzene ring substituents is 1. The van der Waals surface area contributed by atoms with E-state index in [1.165, 1.54) is 12.1 Å². The Hall–Kier alpha value is -3.09. The van der Waals surface area contributed by atoms with Crippen LogP contribution in [0.4, 0.5) is 16.2 Å². The molecule has 0 aromatic heterocycles. The van der Waals surface area contributed by atoms with Gasteiger partial charge in [0.1, 0.15) is 19.0 Å². The van der Waals surface area contributed by atoms with Gasteiger partial charge in [-0.25, -0.2) is 4.79 Å². The first-order chi connectivity index (χ1) is 11.1. The van der Waals surface area contributed by atoms with Crippen LogP contribution in [0.1, 0.15) is 5.56 Å². The molecule has 0 fully saturated rings. The van der Waals surface area contributed by atoms with Crippen molar-refractivity contribution in [3.05, 3.63) is 64.2 Å². The van der Waals surface area contributed by atoms with Gasteiger partial charge in [0.05, 0.1) is 10.6 Å². The number of rotatable bonds is 6. The fraction of sp³-hybridized carbons (Fsp3) is 0.188. The topological polar surface area (TPSA) is 90.7 Å². The van der Waals surface area contributed by atoms with Crippen LogP contribution in [0.2, 0.25) is 0 Å². The lowest BCUT2D eigenvalue weighted by atomic mass is 10.2. The van der Waals surface area contributed by atoms with Crippen LogP contribution in [-0.2, 0) is 4.74 Å². The Kier molecular flexibility index (Phi) is 5.51. The van der Waals surface area contributed by atoms with E-state index in [4.69, 9.17) is 9.47 Å². The first kappa shape index (κ1) is 16.3. The maximum atomic E-state index is 11.7. The number of nitro groups is 1. The van der Waals surface area contributed by atoms with E-state index < -0.39 is 11.0 Å². The molecule has 0 aliphatic heterocycles. The van der Waals surface area contributed by atoms with Crippen molar-refractivity contribution in [3.8, 4) is 5.75 Å². The summed E-state index contributed by atoms with van der Waals surface area (Å²) in [5, 5.41) is 13.2. The van der Waals surface area contributed by atoms with Crippen molar-refractivity contribution >= 4 is 17.5 Å². The molecule has 0 unspecified atom stereocenters. The van der Waals surface area contributed by atoms with Crippen LogP contribution in [0.3, 0.4) is 0 Å². The number of para-hydroxylation sites is 1. The summed E-state index contributed by atoms with van der Waals surface area (Å²) < 4.78 is 10.4. The van der Waals surface area contributed by atoms with Crippen molar-refractivity contribution in [2.75, 3.05) is 18.5 Å². The van der Waals surface area contributed by atoms with E-state index in [-0.39, 0.29) is 18.9 Å². The van der Waals surface area contributed by atoms with Gasteiger partial charge in [0, 0.05) is 12.1 Å². The van der Waals surface area contributed by atoms with E-state index in [0.717, 1.165) is 0 Å². The van der Waals surface area contributed by atoms with Crippen molar-refractivity contribution in [1.82, 2.24) is 0 Å². The van der Waals surface area contributed by atoms with Crippen LogP contribution in [0.15, 0.2) is 48.5 Å². The minimum atomic E-state index is -0.690. The van der Waals surface area contributed by atoms with Crippen LogP contribution >= 0.6 is 0 Å². The number of nitrogens with zero attached hydrogens (tertiary/aromatic N) is 1. The molecule has 0 heterocycles. The zero-order chi connectivity index (χ0) is 16.7. The molecule has 7 heteroatoms.